The van der Waals surface area contributed by atoms with Crippen LogP contribution in [0.5, 0.6) is 5.75 Å². The van der Waals surface area contributed by atoms with Gasteiger partial charge in [-0.3, -0.25) is 0 Å². The topological polar surface area (TPSA) is 35.2 Å². The van der Waals surface area contributed by atoms with Gasteiger partial charge in [0.1, 0.15) is 5.75 Å². The average molecular weight is 352 g/mol. The predicted octanol–water partition coefficient (Wildman–Crippen LogP) is 4.47. The fraction of sp³-hybridized carbons (Fsp3) is 0.667. The Kier molecular flexibility index (Phi) is 4.33. The summed E-state index contributed by atoms with van der Waals surface area (Å²) in [6.07, 6.45) is 7.11. The lowest BCUT2D eigenvalue weighted by molar-refractivity contribution is 0.172. The molecule has 3 heteroatoms. The second kappa shape index (κ2) is 5.92. The van der Waals surface area contributed by atoms with Crippen molar-refractivity contribution in [3.8, 4) is 5.75 Å². The molecule has 1 aliphatic heterocycles. The van der Waals surface area contributed by atoms with Crippen molar-refractivity contribution in [1.29, 1.82) is 0 Å². The lowest BCUT2D eigenvalue weighted by Crippen LogP contribution is -2.36. The fourth-order valence-electron chi connectivity index (χ4n) is 3.77. The number of benzene rings is 1. The first-order valence-corrected chi connectivity index (χ1v) is 8.94. The quantitative estimate of drug-likeness (QED) is 0.871. The molecule has 0 radical (unpaired) electrons. The third-order valence-corrected chi connectivity index (χ3v) is 5.73. The average Bonchev–Trinajstić information content (AvgIpc) is 2.86. The van der Waals surface area contributed by atoms with E-state index in [-0.39, 0.29) is 6.04 Å². The van der Waals surface area contributed by atoms with Crippen LogP contribution >= 0.6 is 15.9 Å². The highest BCUT2D eigenvalue weighted by Gasteiger charge is 2.30. The highest BCUT2D eigenvalue weighted by molar-refractivity contribution is 9.10. The smallest absolute Gasteiger partial charge is 0.125 e. The van der Waals surface area contributed by atoms with E-state index >= 15 is 0 Å². The number of hydrogen-bond donors (Lipinski definition) is 1. The van der Waals surface area contributed by atoms with Gasteiger partial charge in [-0.15, -0.1) is 0 Å². The molecule has 2 aliphatic rings. The molecule has 2 nitrogen and oxygen atoms in total. The van der Waals surface area contributed by atoms with Crippen LogP contribution < -0.4 is 10.5 Å². The van der Waals surface area contributed by atoms with Gasteiger partial charge in [0.25, 0.3) is 0 Å². The summed E-state index contributed by atoms with van der Waals surface area (Å²) in [6.45, 7) is 5.57. The molecule has 0 bridgehead atoms. The summed E-state index contributed by atoms with van der Waals surface area (Å²) in [5, 5.41) is 0. The first-order valence-electron chi connectivity index (χ1n) is 8.14. The highest BCUT2D eigenvalue weighted by Crippen LogP contribution is 2.40. The number of nitrogens with two attached hydrogens (primary N) is 1. The van der Waals surface area contributed by atoms with Crippen molar-refractivity contribution >= 4 is 15.9 Å². The van der Waals surface area contributed by atoms with Crippen molar-refractivity contribution in [3.63, 3.8) is 0 Å². The maximum Gasteiger partial charge on any atom is 0.125 e. The monoisotopic (exact) mass is 351 g/mol. The molecule has 1 atom stereocenters. The summed E-state index contributed by atoms with van der Waals surface area (Å²) in [4.78, 5) is 0. The van der Waals surface area contributed by atoms with Gasteiger partial charge in [-0.1, -0.05) is 29.8 Å². The van der Waals surface area contributed by atoms with Crippen LogP contribution in [-0.2, 0) is 12.8 Å². The van der Waals surface area contributed by atoms with Gasteiger partial charge < -0.3 is 10.5 Å². The summed E-state index contributed by atoms with van der Waals surface area (Å²) >= 11 is 3.62. The van der Waals surface area contributed by atoms with Gasteiger partial charge in [0, 0.05) is 16.9 Å². The Balaban J connectivity index is 1.70. The van der Waals surface area contributed by atoms with Crippen molar-refractivity contribution in [2.45, 2.75) is 58.4 Å². The molecule has 116 valence electrons. The van der Waals surface area contributed by atoms with Gasteiger partial charge in [0.2, 0.25) is 0 Å². The van der Waals surface area contributed by atoms with Crippen LogP contribution in [0.25, 0.3) is 0 Å². The zero-order valence-corrected chi connectivity index (χ0v) is 14.7. The highest BCUT2D eigenvalue weighted by atomic mass is 79.9. The molecule has 21 heavy (non-hydrogen) atoms. The summed E-state index contributed by atoms with van der Waals surface area (Å²) in [5.41, 5.74) is 9.67. The zero-order valence-electron chi connectivity index (χ0n) is 13.1. The van der Waals surface area contributed by atoms with Gasteiger partial charge in [-0.05, 0) is 66.7 Å². The normalized spacial score (nSPS) is 22.7. The minimum Gasteiger partial charge on any atom is -0.493 e. The summed E-state index contributed by atoms with van der Waals surface area (Å²) in [6, 6.07) is 4.63. The van der Waals surface area contributed by atoms with E-state index in [9.17, 15) is 0 Å². The Morgan fingerprint density at radius 2 is 2.05 bits per heavy atom. The molecule has 1 saturated carbocycles. The standard InChI is InChI=1S/C18H26BrNO/c1-18(2)6-3-12(4-7-18)16(20)11-14-10-15(19)9-13-5-8-21-17(13)14/h9-10,12,16H,3-8,11,20H2,1-2H3. The van der Waals surface area contributed by atoms with E-state index < -0.39 is 0 Å². The molecule has 0 aromatic heterocycles. The molecular formula is C18H26BrNO. The molecule has 1 unspecified atom stereocenters. The summed E-state index contributed by atoms with van der Waals surface area (Å²) in [7, 11) is 0. The van der Waals surface area contributed by atoms with Crippen molar-refractivity contribution in [1.82, 2.24) is 0 Å². The van der Waals surface area contributed by atoms with Crippen LogP contribution in [0.4, 0.5) is 0 Å². The summed E-state index contributed by atoms with van der Waals surface area (Å²) in [5.74, 6) is 1.76. The molecule has 1 heterocycles. The van der Waals surface area contributed by atoms with Crippen LogP contribution in [0.15, 0.2) is 16.6 Å². The number of rotatable bonds is 3. The minimum atomic E-state index is 0.253. The van der Waals surface area contributed by atoms with Crippen molar-refractivity contribution in [2.75, 3.05) is 6.61 Å². The maximum absolute atomic E-state index is 6.54. The Bertz CT molecular complexity index is 516. The van der Waals surface area contributed by atoms with Crippen LogP contribution in [-0.4, -0.2) is 12.6 Å². The van der Waals surface area contributed by atoms with Crippen LogP contribution in [0.2, 0.25) is 0 Å². The van der Waals surface area contributed by atoms with E-state index in [4.69, 9.17) is 10.5 Å². The minimum absolute atomic E-state index is 0.253. The van der Waals surface area contributed by atoms with Gasteiger partial charge in [-0.25, -0.2) is 0 Å². The molecular weight excluding hydrogens is 326 g/mol. The number of halogens is 1. The largest absolute Gasteiger partial charge is 0.493 e. The molecule has 0 saturated heterocycles. The third kappa shape index (κ3) is 3.45. The third-order valence-electron chi connectivity index (χ3n) is 5.27. The first-order chi connectivity index (χ1) is 9.94. The SMILES string of the molecule is CC1(C)CCC(C(N)Cc2cc(Br)cc3c2OCC3)CC1. The second-order valence-corrected chi connectivity index (χ2v) is 8.44. The predicted molar refractivity (Wildman–Crippen MR) is 90.8 cm³/mol. The number of fused-ring (bicyclic) bond motifs is 1. The van der Waals surface area contributed by atoms with Crippen molar-refractivity contribution < 1.29 is 4.74 Å². The lowest BCUT2D eigenvalue weighted by Gasteiger charge is -2.37. The van der Waals surface area contributed by atoms with Gasteiger partial charge in [0.15, 0.2) is 0 Å². The number of ether oxygens (including phenoxy) is 1. The Hall–Kier alpha value is -0.540. The van der Waals surface area contributed by atoms with E-state index in [1.807, 2.05) is 0 Å². The molecule has 1 aromatic rings. The van der Waals surface area contributed by atoms with E-state index in [1.54, 1.807) is 0 Å². The molecule has 0 amide bonds. The first kappa shape index (κ1) is 15.4. The van der Waals surface area contributed by atoms with Crippen LogP contribution in [0.3, 0.4) is 0 Å². The van der Waals surface area contributed by atoms with E-state index in [1.165, 1.54) is 36.8 Å². The fourth-order valence-corrected chi connectivity index (χ4v) is 4.32. The second-order valence-electron chi connectivity index (χ2n) is 7.52. The molecule has 2 N–H and O–H groups in total. The van der Waals surface area contributed by atoms with Crippen molar-refractivity contribution in [2.24, 2.45) is 17.1 Å². The molecule has 1 fully saturated rings. The zero-order chi connectivity index (χ0) is 15.0. The molecule has 1 aliphatic carbocycles. The summed E-state index contributed by atoms with van der Waals surface area (Å²) < 4.78 is 6.98. The van der Waals surface area contributed by atoms with E-state index in [2.05, 4.69) is 41.9 Å². The van der Waals surface area contributed by atoms with Gasteiger partial charge in [-0.2, -0.15) is 0 Å². The Morgan fingerprint density at radius 3 is 2.76 bits per heavy atom. The van der Waals surface area contributed by atoms with Crippen LogP contribution in [0, 0.1) is 11.3 Å². The van der Waals surface area contributed by atoms with Crippen LogP contribution in [0.1, 0.15) is 50.7 Å². The van der Waals surface area contributed by atoms with E-state index in [0.717, 1.165) is 29.7 Å². The lowest BCUT2D eigenvalue weighted by atomic mass is 9.70. The molecule has 1 aromatic carbocycles. The number of hydrogen-bond acceptors (Lipinski definition) is 2. The molecule has 0 spiro atoms. The Morgan fingerprint density at radius 1 is 1.33 bits per heavy atom. The van der Waals surface area contributed by atoms with Crippen molar-refractivity contribution in [3.05, 3.63) is 27.7 Å². The van der Waals surface area contributed by atoms with Gasteiger partial charge >= 0.3 is 0 Å². The Labute approximate surface area is 136 Å². The van der Waals surface area contributed by atoms with E-state index in [0.29, 0.717) is 11.3 Å². The van der Waals surface area contributed by atoms with Gasteiger partial charge in [0.05, 0.1) is 6.61 Å². The molecule has 3 rings (SSSR count). The maximum atomic E-state index is 6.54.